The van der Waals surface area contributed by atoms with Gasteiger partial charge in [0.25, 0.3) is 5.91 Å². The van der Waals surface area contributed by atoms with E-state index in [9.17, 15) is 4.79 Å². The molecule has 2 atom stereocenters. The number of thiophene rings is 1. The van der Waals surface area contributed by atoms with Gasteiger partial charge in [0.1, 0.15) is 0 Å². The monoisotopic (exact) mass is 279 g/mol. The first kappa shape index (κ1) is 13.1. The van der Waals surface area contributed by atoms with Gasteiger partial charge in [0, 0.05) is 23.4 Å². The van der Waals surface area contributed by atoms with E-state index in [4.69, 9.17) is 4.74 Å². The van der Waals surface area contributed by atoms with Crippen LogP contribution in [0.5, 0.6) is 0 Å². The molecule has 0 saturated carbocycles. The quantitative estimate of drug-likeness (QED) is 0.924. The molecule has 1 aromatic heterocycles. The van der Waals surface area contributed by atoms with Gasteiger partial charge in [-0.3, -0.25) is 4.79 Å². The summed E-state index contributed by atoms with van der Waals surface area (Å²) in [6, 6.07) is 0. The Morgan fingerprint density at radius 3 is 3.21 bits per heavy atom. The Labute approximate surface area is 118 Å². The minimum atomic E-state index is 0.0857. The number of fused-ring (bicyclic) bond motifs is 1. The Morgan fingerprint density at radius 1 is 1.53 bits per heavy atom. The van der Waals surface area contributed by atoms with Crippen molar-refractivity contribution in [2.45, 2.75) is 45.1 Å². The largest absolute Gasteiger partial charge is 0.376 e. The maximum absolute atomic E-state index is 12.3. The van der Waals surface area contributed by atoms with E-state index in [-0.39, 0.29) is 12.0 Å². The molecule has 2 heterocycles. The van der Waals surface area contributed by atoms with Crippen molar-refractivity contribution in [1.29, 1.82) is 0 Å². The third-order valence-corrected chi connectivity index (χ3v) is 5.21. The Balaban J connectivity index is 1.63. The molecule has 1 saturated heterocycles. The maximum atomic E-state index is 12.3. The van der Waals surface area contributed by atoms with Crippen LogP contribution in [0.15, 0.2) is 5.38 Å². The third kappa shape index (κ3) is 2.84. The van der Waals surface area contributed by atoms with Crippen LogP contribution in [-0.2, 0) is 17.6 Å². The van der Waals surface area contributed by atoms with Gasteiger partial charge < -0.3 is 10.1 Å². The van der Waals surface area contributed by atoms with Crippen LogP contribution in [0.1, 0.15) is 47.0 Å². The Hall–Kier alpha value is -0.870. The zero-order valence-corrected chi connectivity index (χ0v) is 12.2. The van der Waals surface area contributed by atoms with Crippen molar-refractivity contribution in [2.24, 2.45) is 5.92 Å². The molecule has 2 aliphatic rings. The van der Waals surface area contributed by atoms with Crippen LogP contribution in [0.2, 0.25) is 0 Å². The van der Waals surface area contributed by atoms with Gasteiger partial charge in [-0.15, -0.1) is 11.3 Å². The van der Waals surface area contributed by atoms with Gasteiger partial charge in [-0.25, -0.2) is 0 Å². The highest BCUT2D eigenvalue weighted by atomic mass is 32.1. The van der Waals surface area contributed by atoms with E-state index in [0.29, 0.717) is 6.54 Å². The average Bonchev–Trinajstić information content (AvgIpc) is 3.04. The van der Waals surface area contributed by atoms with Crippen molar-refractivity contribution in [2.75, 3.05) is 13.2 Å². The average molecular weight is 279 g/mol. The number of hydrogen-bond donors (Lipinski definition) is 1. The molecular formula is C15H21NO2S. The predicted octanol–water partition coefficient (Wildman–Crippen LogP) is 2.78. The van der Waals surface area contributed by atoms with E-state index in [2.05, 4.69) is 12.2 Å². The zero-order chi connectivity index (χ0) is 13.2. The van der Waals surface area contributed by atoms with Gasteiger partial charge in [-0.1, -0.05) is 6.92 Å². The van der Waals surface area contributed by atoms with Crippen molar-refractivity contribution in [3.63, 3.8) is 0 Å². The van der Waals surface area contributed by atoms with Crippen molar-refractivity contribution >= 4 is 17.2 Å². The molecule has 0 bridgehead atoms. The molecule has 1 aromatic rings. The highest BCUT2D eigenvalue weighted by molar-refractivity contribution is 7.10. The lowest BCUT2D eigenvalue weighted by Gasteiger charge is -2.19. The summed E-state index contributed by atoms with van der Waals surface area (Å²) in [6.07, 6.45) is 5.81. The SMILES string of the molecule is C[C@H]1CCc2c(C(=O)NC[C@@H]3CCCO3)csc2C1. The van der Waals surface area contributed by atoms with Gasteiger partial charge in [0.05, 0.1) is 11.7 Å². The van der Waals surface area contributed by atoms with Crippen molar-refractivity contribution in [3.8, 4) is 0 Å². The molecule has 0 radical (unpaired) electrons. The number of carbonyl (C=O) groups is 1. The van der Waals surface area contributed by atoms with Crippen LogP contribution in [0.25, 0.3) is 0 Å². The van der Waals surface area contributed by atoms with Crippen LogP contribution in [0.3, 0.4) is 0 Å². The molecule has 1 fully saturated rings. The van der Waals surface area contributed by atoms with Crippen LogP contribution >= 0.6 is 11.3 Å². The fourth-order valence-corrected chi connectivity index (χ4v) is 4.22. The third-order valence-electron chi connectivity index (χ3n) is 4.16. The van der Waals surface area contributed by atoms with E-state index < -0.39 is 0 Å². The molecular weight excluding hydrogens is 258 g/mol. The normalized spacial score (nSPS) is 26.2. The molecule has 0 aromatic carbocycles. The summed E-state index contributed by atoms with van der Waals surface area (Å²) < 4.78 is 5.54. The summed E-state index contributed by atoms with van der Waals surface area (Å²) in [4.78, 5) is 13.7. The first-order valence-corrected chi connectivity index (χ1v) is 8.11. The Kier molecular flexibility index (Phi) is 3.89. The molecule has 1 amide bonds. The standard InChI is InChI=1S/C15H21NO2S/c1-10-4-5-12-13(9-19-14(12)7-10)15(17)16-8-11-3-2-6-18-11/h9-11H,2-8H2,1H3,(H,16,17)/t10-,11-/m0/s1. The van der Waals surface area contributed by atoms with E-state index in [1.165, 1.54) is 16.9 Å². The lowest BCUT2D eigenvalue weighted by atomic mass is 9.88. The first-order chi connectivity index (χ1) is 9.24. The second-order valence-electron chi connectivity index (χ2n) is 5.74. The van der Waals surface area contributed by atoms with Gasteiger partial charge in [-0.05, 0) is 43.6 Å². The van der Waals surface area contributed by atoms with Crippen molar-refractivity contribution in [1.82, 2.24) is 5.32 Å². The van der Waals surface area contributed by atoms with Crippen LogP contribution in [-0.4, -0.2) is 25.2 Å². The molecule has 104 valence electrons. The molecule has 1 aliphatic heterocycles. The van der Waals surface area contributed by atoms with E-state index in [0.717, 1.165) is 43.8 Å². The number of carbonyl (C=O) groups excluding carboxylic acids is 1. The summed E-state index contributed by atoms with van der Waals surface area (Å²) in [7, 11) is 0. The highest BCUT2D eigenvalue weighted by Crippen LogP contribution is 2.32. The lowest BCUT2D eigenvalue weighted by molar-refractivity contribution is 0.0857. The smallest absolute Gasteiger partial charge is 0.252 e. The first-order valence-electron chi connectivity index (χ1n) is 7.23. The van der Waals surface area contributed by atoms with Crippen LogP contribution in [0.4, 0.5) is 0 Å². The molecule has 4 heteroatoms. The number of hydrogen-bond acceptors (Lipinski definition) is 3. The van der Waals surface area contributed by atoms with Crippen LogP contribution in [0, 0.1) is 5.92 Å². The van der Waals surface area contributed by atoms with Crippen LogP contribution < -0.4 is 5.32 Å². The Morgan fingerprint density at radius 2 is 2.42 bits per heavy atom. The summed E-state index contributed by atoms with van der Waals surface area (Å²) in [6.45, 7) is 3.78. The Bertz CT molecular complexity index is 463. The molecule has 3 nitrogen and oxygen atoms in total. The maximum Gasteiger partial charge on any atom is 0.252 e. The van der Waals surface area contributed by atoms with E-state index in [1.807, 2.05) is 5.38 Å². The van der Waals surface area contributed by atoms with Gasteiger partial charge in [0.2, 0.25) is 0 Å². The van der Waals surface area contributed by atoms with E-state index in [1.54, 1.807) is 11.3 Å². The summed E-state index contributed by atoms with van der Waals surface area (Å²) in [5, 5.41) is 5.07. The second-order valence-corrected chi connectivity index (χ2v) is 6.71. The fourth-order valence-electron chi connectivity index (χ4n) is 2.97. The molecule has 3 rings (SSSR count). The molecule has 0 spiro atoms. The van der Waals surface area contributed by atoms with Gasteiger partial charge in [-0.2, -0.15) is 0 Å². The number of rotatable bonds is 3. The molecule has 1 aliphatic carbocycles. The summed E-state index contributed by atoms with van der Waals surface area (Å²) in [5.74, 6) is 0.844. The van der Waals surface area contributed by atoms with Gasteiger partial charge in [0.15, 0.2) is 0 Å². The van der Waals surface area contributed by atoms with E-state index >= 15 is 0 Å². The number of amides is 1. The van der Waals surface area contributed by atoms with Crippen molar-refractivity contribution < 1.29 is 9.53 Å². The number of ether oxygens (including phenoxy) is 1. The zero-order valence-electron chi connectivity index (χ0n) is 11.4. The number of nitrogens with one attached hydrogen (secondary N) is 1. The van der Waals surface area contributed by atoms with Crippen molar-refractivity contribution in [3.05, 3.63) is 21.4 Å². The topological polar surface area (TPSA) is 38.3 Å². The molecule has 1 N–H and O–H groups in total. The minimum absolute atomic E-state index is 0.0857. The molecule has 0 unspecified atom stereocenters. The second kappa shape index (κ2) is 5.63. The highest BCUT2D eigenvalue weighted by Gasteiger charge is 2.24. The fraction of sp³-hybridized carbons (Fsp3) is 0.667. The lowest BCUT2D eigenvalue weighted by Crippen LogP contribution is -2.32. The summed E-state index contributed by atoms with van der Waals surface area (Å²) in [5.41, 5.74) is 2.21. The summed E-state index contributed by atoms with van der Waals surface area (Å²) >= 11 is 1.75. The molecule has 19 heavy (non-hydrogen) atoms. The predicted molar refractivity (Wildman–Crippen MR) is 76.8 cm³/mol. The minimum Gasteiger partial charge on any atom is -0.376 e. The van der Waals surface area contributed by atoms with Gasteiger partial charge >= 0.3 is 0 Å².